The Morgan fingerprint density at radius 1 is 1.03 bits per heavy atom. The maximum Gasteiger partial charge on any atom is 0.225 e. The van der Waals surface area contributed by atoms with Crippen LogP contribution in [0.15, 0.2) is 0 Å². The summed E-state index contributed by atoms with van der Waals surface area (Å²) < 4.78 is 1.84. The summed E-state index contributed by atoms with van der Waals surface area (Å²) in [5.74, 6) is 0.485. The van der Waals surface area contributed by atoms with E-state index in [2.05, 4.69) is 61.0 Å². The molecule has 1 aliphatic heterocycles. The molecule has 6 nitrogen and oxygen atoms in total. The zero-order valence-electron chi connectivity index (χ0n) is 20.5. The third-order valence-electron chi connectivity index (χ3n) is 5.89. The standard InChI is InChI=1S/C23H48N4O2/c1-9-21(25-16-10-13-22(25)28)19-20(2)23(29)24(14-11-17-26(3,4)5)15-12-18-27(6,7)8/h20-21H,9-19H2,1-8H3/q+2. The predicted octanol–water partition coefficient (Wildman–Crippen LogP) is 2.43. The van der Waals surface area contributed by atoms with Gasteiger partial charge in [0.1, 0.15) is 0 Å². The van der Waals surface area contributed by atoms with Crippen LogP contribution in [0.3, 0.4) is 0 Å². The molecule has 2 atom stereocenters. The Morgan fingerprint density at radius 3 is 1.93 bits per heavy atom. The van der Waals surface area contributed by atoms with Gasteiger partial charge in [-0.1, -0.05) is 13.8 Å². The van der Waals surface area contributed by atoms with Gasteiger partial charge in [0.05, 0.1) is 55.4 Å². The van der Waals surface area contributed by atoms with Gasteiger partial charge in [0.25, 0.3) is 0 Å². The van der Waals surface area contributed by atoms with Crippen LogP contribution in [0.2, 0.25) is 0 Å². The van der Waals surface area contributed by atoms with Gasteiger partial charge in [-0.3, -0.25) is 9.59 Å². The molecule has 0 aromatic carbocycles. The number of hydrogen-bond donors (Lipinski definition) is 0. The maximum atomic E-state index is 13.3. The van der Waals surface area contributed by atoms with Gasteiger partial charge in [-0.25, -0.2) is 0 Å². The molecule has 170 valence electrons. The van der Waals surface area contributed by atoms with Crippen molar-refractivity contribution in [3.8, 4) is 0 Å². The summed E-state index contributed by atoms with van der Waals surface area (Å²) in [6.45, 7) is 8.83. The fourth-order valence-corrected chi connectivity index (χ4v) is 4.19. The van der Waals surface area contributed by atoms with E-state index in [1.54, 1.807) is 0 Å². The van der Waals surface area contributed by atoms with Gasteiger partial charge in [0, 0.05) is 50.9 Å². The monoisotopic (exact) mass is 412 g/mol. The van der Waals surface area contributed by atoms with E-state index in [1.807, 2.05) is 4.90 Å². The average Bonchev–Trinajstić information content (AvgIpc) is 3.01. The highest BCUT2D eigenvalue weighted by molar-refractivity contribution is 5.80. The van der Waals surface area contributed by atoms with E-state index >= 15 is 0 Å². The quantitative estimate of drug-likeness (QED) is 0.436. The molecule has 0 aliphatic carbocycles. The van der Waals surface area contributed by atoms with Crippen LogP contribution in [0.1, 0.15) is 52.4 Å². The third kappa shape index (κ3) is 9.94. The molecule has 1 aliphatic rings. The van der Waals surface area contributed by atoms with Gasteiger partial charge in [0.15, 0.2) is 0 Å². The lowest BCUT2D eigenvalue weighted by atomic mass is 9.97. The molecule has 0 saturated carbocycles. The van der Waals surface area contributed by atoms with E-state index in [-0.39, 0.29) is 23.8 Å². The Labute approximate surface area is 180 Å². The molecule has 29 heavy (non-hydrogen) atoms. The smallest absolute Gasteiger partial charge is 0.225 e. The van der Waals surface area contributed by atoms with Crippen LogP contribution in [-0.4, -0.2) is 112 Å². The van der Waals surface area contributed by atoms with Crippen molar-refractivity contribution >= 4 is 11.8 Å². The zero-order valence-corrected chi connectivity index (χ0v) is 20.5. The number of rotatable bonds is 13. The molecule has 1 fully saturated rings. The van der Waals surface area contributed by atoms with Crippen molar-refractivity contribution in [2.75, 3.05) is 75.0 Å². The number of carbonyl (C=O) groups excluding carboxylic acids is 2. The van der Waals surface area contributed by atoms with Gasteiger partial charge in [0.2, 0.25) is 11.8 Å². The summed E-state index contributed by atoms with van der Waals surface area (Å²) in [6.07, 6.45) is 5.37. The van der Waals surface area contributed by atoms with Crippen molar-refractivity contribution in [3.05, 3.63) is 0 Å². The number of hydrogen-bond acceptors (Lipinski definition) is 2. The SMILES string of the molecule is CCC(CC(C)C(=O)N(CCC[N+](C)(C)C)CCC[N+](C)(C)C)N1CCCC1=O. The molecular weight excluding hydrogens is 364 g/mol. The molecule has 1 rings (SSSR count). The second-order valence-corrected chi connectivity index (χ2v) is 10.9. The van der Waals surface area contributed by atoms with E-state index in [0.717, 1.165) is 73.8 Å². The van der Waals surface area contributed by atoms with Crippen LogP contribution < -0.4 is 0 Å². The molecule has 0 aromatic heterocycles. The van der Waals surface area contributed by atoms with E-state index in [1.165, 1.54) is 0 Å². The number of nitrogens with zero attached hydrogens (tertiary/aromatic N) is 4. The molecular formula is C23H48N4O2+2. The van der Waals surface area contributed by atoms with Crippen molar-refractivity contribution in [2.24, 2.45) is 5.92 Å². The second-order valence-electron chi connectivity index (χ2n) is 10.9. The summed E-state index contributed by atoms with van der Waals surface area (Å²) in [7, 11) is 13.2. The minimum atomic E-state index is -0.0402. The van der Waals surface area contributed by atoms with Gasteiger partial charge in [-0.15, -0.1) is 0 Å². The molecule has 0 spiro atoms. The summed E-state index contributed by atoms with van der Waals surface area (Å²) in [6, 6.07) is 0.197. The van der Waals surface area contributed by atoms with Crippen LogP contribution in [0.5, 0.6) is 0 Å². The van der Waals surface area contributed by atoms with E-state index < -0.39 is 0 Å². The fraction of sp³-hybridized carbons (Fsp3) is 0.913. The predicted molar refractivity (Wildman–Crippen MR) is 120 cm³/mol. The molecule has 0 bridgehead atoms. The third-order valence-corrected chi connectivity index (χ3v) is 5.89. The topological polar surface area (TPSA) is 40.6 Å². The van der Waals surface area contributed by atoms with Crippen molar-refractivity contribution < 1.29 is 18.6 Å². The highest BCUT2D eigenvalue weighted by atomic mass is 16.2. The van der Waals surface area contributed by atoms with Crippen LogP contribution in [0, 0.1) is 5.92 Å². The largest absolute Gasteiger partial charge is 0.342 e. The fourth-order valence-electron chi connectivity index (χ4n) is 4.19. The van der Waals surface area contributed by atoms with Gasteiger partial charge < -0.3 is 18.8 Å². The molecule has 0 N–H and O–H groups in total. The Kier molecular flexibility index (Phi) is 10.1. The maximum absolute atomic E-state index is 13.3. The minimum Gasteiger partial charge on any atom is -0.342 e. The van der Waals surface area contributed by atoms with Crippen LogP contribution in [-0.2, 0) is 9.59 Å². The van der Waals surface area contributed by atoms with Crippen molar-refractivity contribution in [3.63, 3.8) is 0 Å². The van der Waals surface area contributed by atoms with E-state index in [9.17, 15) is 9.59 Å². The first-order valence-electron chi connectivity index (χ1n) is 11.5. The molecule has 0 aromatic rings. The van der Waals surface area contributed by atoms with Gasteiger partial charge >= 0.3 is 0 Å². The zero-order chi connectivity index (χ0) is 22.2. The lowest BCUT2D eigenvalue weighted by Crippen LogP contribution is -2.44. The van der Waals surface area contributed by atoms with Gasteiger partial charge in [-0.2, -0.15) is 0 Å². The van der Waals surface area contributed by atoms with Crippen LogP contribution >= 0.6 is 0 Å². The van der Waals surface area contributed by atoms with Crippen LogP contribution in [0.4, 0.5) is 0 Å². The normalized spacial score (nSPS) is 17.5. The van der Waals surface area contributed by atoms with Crippen molar-refractivity contribution in [1.29, 1.82) is 0 Å². The Hall–Kier alpha value is -1.14. The van der Waals surface area contributed by atoms with Crippen molar-refractivity contribution in [1.82, 2.24) is 9.80 Å². The number of amides is 2. The summed E-state index contributed by atoms with van der Waals surface area (Å²) in [5, 5.41) is 0. The minimum absolute atomic E-state index is 0.0402. The average molecular weight is 413 g/mol. The molecule has 0 radical (unpaired) electrons. The Balaban J connectivity index is 2.71. The number of carbonyl (C=O) groups is 2. The first-order chi connectivity index (χ1) is 13.3. The Morgan fingerprint density at radius 2 is 1.55 bits per heavy atom. The summed E-state index contributed by atoms with van der Waals surface area (Å²) >= 11 is 0. The summed E-state index contributed by atoms with van der Waals surface area (Å²) in [4.78, 5) is 29.6. The highest BCUT2D eigenvalue weighted by Crippen LogP contribution is 2.22. The highest BCUT2D eigenvalue weighted by Gasteiger charge is 2.30. The van der Waals surface area contributed by atoms with E-state index in [4.69, 9.17) is 0 Å². The molecule has 6 heteroatoms. The molecule has 1 saturated heterocycles. The van der Waals surface area contributed by atoms with E-state index in [0.29, 0.717) is 6.42 Å². The Bertz CT molecular complexity index is 502. The summed E-state index contributed by atoms with van der Waals surface area (Å²) in [5.41, 5.74) is 0. The van der Waals surface area contributed by atoms with Crippen molar-refractivity contribution in [2.45, 2.75) is 58.4 Å². The molecule has 1 heterocycles. The first kappa shape index (κ1) is 25.9. The molecule has 2 amide bonds. The van der Waals surface area contributed by atoms with Crippen LogP contribution in [0.25, 0.3) is 0 Å². The first-order valence-corrected chi connectivity index (χ1v) is 11.5. The number of quaternary nitrogens is 2. The number of likely N-dealkylation sites (tertiary alicyclic amines) is 1. The van der Waals surface area contributed by atoms with Gasteiger partial charge in [-0.05, 0) is 19.3 Å². The lowest BCUT2D eigenvalue weighted by Gasteiger charge is -2.33. The second kappa shape index (κ2) is 11.3. The lowest BCUT2D eigenvalue weighted by molar-refractivity contribution is -0.870. The molecule has 2 unspecified atom stereocenters.